The summed E-state index contributed by atoms with van der Waals surface area (Å²) >= 11 is 1.62. The van der Waals surface area contributed by atoms with Crippen LogP contribution < -0.4 is 4.74 Å². The second-order valence-corrected chi connectivity index (χ2v) is 8.39. The van der Waals surface area contributed by atoms with E-state index in [1.165, 1.54) is 0 Å². The fraction of sp³-hybridized carbons (Fsp3) is 0.273. The molecule has 0 bridgehead atoms. The van der Waals surface area contributed by atoms with E-state index in [-0.39, 0.29) is 12.2 Å². The van der Waals surface area contributed by atoms with Crippen LogP contribution in [0.25, 0.3) is 10.1 Å². The van der Waals surface area contributed by atoms with Crippen LogP contribution >= 0.6 is 11.3 Å². The van der Waals surface area contributed by atoms with E-state index in [0.29, 0.717) is 5.75 Å². The molecule has 0 aliphatic heterocycles. The Bertz CT molecular complexity index is 958. The number of para-hydroxylation sites is 1. The Hall–Kier alpha value is -3.06. The van der Waals surface area contributed by atoms with E-state index in [1.54, 1.807) is 44.2 Å². The maximum atomic E-state index is 11.8. The molecule has 1 aromatic heterocycles. The number of hydrogen-bond acceptors (Lipinski definition) is 7. The van der Waals surface area contributed by atoms with Crippen LogP contribution in [0, 0.1) is 0 Å². The summed E-state index contributed by atoms with van der Waals surface area (Å²) in [6.07, 6.45) is -1.49. The molecule has 6 nitrogen and oxygen atoms in total. The van der Waals surface area contributed by atoms with Crippen molar-refractivity contribution in [2.75, 3.05) is 0 Å². The fourth-order valence-corrected chi connectivity index (χ4v) is 3.45. The molecule has 3 rings (SSSR count). The highest BCUT2D eigenvalue weighted by Gasteiger charge is 2.20. The smallest absolute Gasteiger partial charge is 0.439 e. The van der Waals surface area contributed by atoms with Crippen molar-refractivity contribution >= 4 is 33.7 Å². The predicted octanol–water partition coefficient (Wildman–Crippen LogP) is 6.28. The minimum atomic E-state index is -0.940. The maximum Gasteiger partial charge on any atom is 0.535 e. The number of fused-ring (bicyclic) bond motifs is 1. The third-order valence-corrected chi connectivity index (χ3v) is 4.93. The van der Waals surface area contributed by atoms with E-state index in [1.807, 2.05) is 43.3 Å². The highest BCUT2D eigenvalue weighted by molar-refractivity contribution is 7.19. The Balaban J connectivity index is 1.76. The van der Waals surface area contributed by atoms with E-state index < -0.39 is 11.8 Å². The van der Waals surface area contributed by atoms with Crippen LogP contribution in [0.4, 0.5) is 4.79 Å². The highest BCUT2D eigenvalue weighted by atomic mass is 32.1. The second-order valence-electron chi connectivity index (χ2n) is 7.27. The number of ether oxygens (including phenoxy) is 3. The lowest BCUT2D eigenvalue weighted by molar-refractivity contribution is -0.01000. The molecular formula is C22H23NO5S. The first-order valence-corrected chi connectivity index (χ1v) is 9.98. The molecule has 29 heavy (non-hydrogen) atoms. The zero-order valence-electron chi connectivity index (χ0n) is 16.7. The van der Waals surface area contributed by atoms with Crippen molar-refractivity contribution in [3.8, 4) is 5.75 Å². The quantitative estimate of drug-likeness (QED) is 0.166. The number of nitrogens with zero attached hydrogens (tertiary/aromatic N) is 1. The van der Waals surface area contributed by atoms with Gasteiger partial charge in [0.15, 0.2) is 0 Å². The summed E-state index contributed by atoms with van der Waals surface area (Å²) in [6, 6.07) is 19.1. The zero-order valence-corrected chi connectivity index (χ0v) is 17.6. The average Bonchev–Trinajstić information content (AvgIpc) is 3.10. The summed E-state index contributed by atoms with van der Waals surface area (Å²) < 4.78 is 17.8. The molecule has 0 saturated heterocycles. The van der Waals surface area contributed by atoms with E-state index in [2.05, 4.69) is 17.3 Å². The molecule has 1 atom stereocenters. The molecule has 0 amide bonds. The second kappa shape index (κ2) is 8.96. The summed E-state index contributed by atoms with van der Waals surface area (Å²) in [5.41, 5.74) is -0.696. The van der Waals surface area contributed by atoms with Gasteiger partial charge in [-0.15, -0.1) is 11.3 Å². The largest absolute Gasteiger partial charge is 0.535 e. The van der Waals surface area contributed by atoms with Crippen molar-refractivity contribution in [2.45, 2.75) is 39.4 Å². The van der Waals surface area contributed by atoms with Crippen LogP contribution in [0.1, 0.15) is 38.7 Å². The lowest BCUT2D eigenvalue weighted by Gasteiger charge is -2.18. The maximum absolute atomic E-state index is 11.8. The van der Waals surface area contributed by atoms with Crippen molar-refractivity contribution in [1.29, 1.82) is 0 Å². The minimum Gasteiger partial charge on any atom is -0.439 e. The minimum absolute atomic E-state index is 0.188. The number of hydrogen-bond donors (Lipinski definition) is 0. The normalized spacial score (nSPS) is 13.0. The SMILES string of the molecule is CC(O/C(=N\OC(=O)OC(C)(C)C)Oc1ccccc1)c1cc2ccccc2s1. The lowest BCUT2D eigenvalue weighted by atomic mass is 10.2. The molecule has 0 fully saturated rings. The van der Waals surface area contributed by atoms with Crippen LogP contribution in [-0.2, 0) is 14.3 Å². The number of carbonyl (C=O) groups excluding carboxylic acids is 1. The van der Waals surface area contributed by atoms with Crippen LogP contribution in [0.2, 0.25) is 0 Å². The van der Waals surface area contributed by atoms with E-state index in [0.717, 1.165) is 15.0 Å². The average molecular weight is 413 g/mol. The molecule has 7 heteroatoms. The summed E-state index contributed by atoms with van der Waals surface area (Å²) in [7, 11) is 0. The van der Waals surface area contributed by atoms with Gasteiger partial charge in [0, 0.05) is 14.7 Å². The Kier molecular flexibility index (Phi) is 6.39. The van der Waals surface area contributed by atoms with E-state index >= 15 is 0 Å². The first-order chi connectivity index (χ1) is 13.8. The first-order valence-electron chi connectivity index (χ1n) is 9.16. The van der Waals surface area contributed by atoms with Gasteiger partial charge >= 0.3 is 12.2 Å². The molecule has 0 saturated carbocycles. The number of benzene rings is 2. The van der Waals surface area contributed by atoms with Crippen LogP contribution in [0.15, 0.2) is 65.8 Å². The highest BCUT2D eigenvalue weighted by Crippen LogP contribution is 2.31. The summed E-state index contributed by atoms with van der Waals surface area (Å²) in [5.74, 6) is 0.502. The molecule has 1 heterocycles. The Labute approximate surface area is 173 Å². The summed E-state index contributed by atoms with van der Waals surface area (Å²) in [4.78, 5) is 17.6. The fourth-order valence-electron chi connectivity index (χ4n) is 2.41. The molecule has 3 aromatic rings. The van der Waals surface area contributed by atoms with Gasteiger partial charge in [-0.3, -0.25) is 4.84 Å². The van der Waals surface area contributed by atoms with Crippen molar-refractivity contribution < 1.29 is 23.8 Å². The van der Waals surface area contributed by atoms with Gasteiger partial charge in [0.05, 0.1) is 0 Å². The van der Waals surface area contributed by atoms with Gasteiger partial charge < -0.3 is 14.2 Å². The van der Waals surface area contributed by atoms with Crippen molar-refractivity contribution in [1.82, 2.24) is 0 Å². The van der Waals surface area contributed by atoms with Gasteiger partial charge in [-0.2, -0.15) is 0 Å². The molecule has 2 aromatic carbocycles. The third kappa shape index (κ3) is 6.22. The van der Waals surface area contributed by atoms with Gasteiger partial charge in [-0.05, 0) is 57.3 Å². The number of carbonyl (C=O) groups is 1. The number of thiophene rings is 1. The molecule has 0 aliphatic rings. The predicted molar refractivity (Wildman–Crippen MR) is 113 cm³/mol. The monoisotopic (exact) mass is 413 g/mol. The van der Waals surface area contributed by atoms with Crippen LogP contribution in [0.3, 0.4) is 0 Å². The number of oxime groups is 1. The van der Waals surface area contributed by atoms with E-state index in [4.69, 9.17) is 19.0 Å². The molecule has 152 valence electrons. The van der Waals surface area contributed by atoms with Crippen molar-refractivity contribution in [3.05, 3.63) is 65.5 Å². The Morgan fingerprint density at radius 1 is 1.03 bits per heavy atom. The molecule has 0 N–H and O–H groups in total. The van der Waals surface area contributed by atoms with Gasteiger partial charge in [-0.25, -0.2) is 4.79 Å². The lowest BCUT2D eigenvalue weighted by Crippen LogP contribution is -2.24. The molecular weight excluding hydrogens is 390 g/mol. The summed E-state index contributed by atoms with van der Waals surface area (Å²) in [5, 5.41) is 4.86. The van der Waals surface area contributed by atoms with Gasteiger partial charge in [0.1, 0.15) is 17.5 Å². The van der Waals surface area contributed by atoms with Gasteiger partial charge in [0.25, 0.3) is 0 Å². The van der Waals surface area contributed by atoms with Crippen LogP contribution in [-0.4, -0.2) is 17.8 Å². The van der Waals surface area contributed by atoms with E-state index in [9.17, 15) is 4.79 Å². The topological polar surface area (TPSA) is 66.4 Å². The standard InChI is InChI=1S/C22H23NO5S/c1-15(19-14-16-10-8-9-13-18(16)29-19)25-20(26-17-11-6-5-7-12-17)23-28-21(24)27-22(2,3)4/h5-15H,1-4H3/b23-20+. The molecule has 1 unspecified atom stereocenters. The van der Waals surface area contributed by atoms with Gasteiger partial charge in [0.2, 0.25) is 0 Å². The number of rotatable bonds is 4. The Morgan fingerprint density at radius 2 is 1.72 bits per heavy atom. The molecule has 0 aliphatic carbocycles. The summed E-state index contributed by atoms with van der Waals surface area (Å²) in [6.45, 7) is 7.08. The van der Waals surface area contributed by atoms with Gasteiger partial charge in [-0.1, -0.05) is 36.4 Å². The zero-order chi connectivity index (χ0) is 20.9. The first kappa shape index (κ1) is 20.7. The Morgan fingerprint density at radius 3 is 2.41 bits per heavy atom. The molecule has 0 radical (unpaired) electrons. The molecule has 0 spiro atoms. The van der Waals surface area contributed by atoms with Crippen molar-refractivity contribution in [2.24, 2.45) is 5.16 Å². The van der Waals surface area contributed by atoms with Crippen LogP contribution in [0.5, 0.6) is 5.75 Å². The third-order valence-electron chi connectivity index (χ3n) is 3.66. The van der Waals surface area contributed by atoms with Crippen molar-refractivity contribution in [3.63, 3.8) is 0 Å².